The molecule has 0 fully saturated rings. The van der Waals surface area contributed by atoms with Gasteiger partial charge in [-0.3, -0.25) is 0 Å². The van der Waals surface area contributed by atoms with Crippen LogP contribution < -0.4 is 11.1 Å². The first-order valence-corrected chi connectivity index (χ1v) is 5.59. The Bertz CT molecular complexity index is 538. The summed E-state index contributed by atoms with van der Waals surface area (Å²) in [4.78, 5) is 0. The number of benzene rings is 2. The minimum atomic E-state index is -0.438. The van der Waals surface area contributed by atoms with Gasteiger partial charge in [-0.15, -0.1) is 0 Å². The first-order chi connectivity index (χ1) is 8.08. The van der Waals surface area contributed by atoms with E-state index in [4.69, 9.17) is 28.9 Å². The Hall–Kier alpha value is -1.45. The monoisotopic (exact) mass is 270 g/mol. The molecule has 0 spiro atoms. The summed E-state index contributed by atoms with van der Waals surface area (Å²) in [5, 5.41) is 3.66. The standard InChI is InChI=1S/C12H9Cl2FN2/c13-7-4-5-11(10(16)6-7)17-12-8(14)2-1-3-9(12)15/h1-6,17H,16H2. The lowest BCUT2D eigenvalue weighted by Crippen LogP contribution is -1.98. The molecule has 0 aliphatic heterocycles. The zero-order chi connectivity index (χ0) is 12.4. The first kappa shape index (κ1) is 12.0. The Morgan fingerprint density at radius 3 is 2.53 bits per heavy atom. The molecule has 3 N–H and O–H groups in total. The maximum Gasteiger partial charge on any atom is 0.148 e. The van der Waals surface area contributed by atoms with E-state index in [0.717, 1.165) is 0 Å². The molecule has 0 aromatic heterocycles. The summed E-state index contributed by atoms with van der Waals surface area (Å²) in [6.07, 6.45) is 0. The van der Waals surface area contributed by atoms with Crippen molar-refractivity contribution in [3.63, 3.8) is 0 Å². The highest BCUT2D eigenvalue weighted by Gasteiger charge is 2.08. The van der Waals surface area contributed by atoms with Crippen LogP contribution >= 0.6 is 23.2 Å². The fraction of sp³-hybridized carbons (Fsp3) is 0. The minimum absolute atomic E-state index is 0.197. The lowest BCUT2D eigenvalue weighted by molar-refractivity contribution is 0.632. The zero-order valence-electron chi connectivity index (χ0n) is 8.68. The van der Waals surface area contributed by atoms with E-state index < -0.39 is 5.82 Å². The van der Waals surface area contributed by atoms with Gasteiger partial charge >= 0.3 is 0 Å². The number of anilines is 3. The third kappa shape index (κ3) is 2.62. The molecule has 88 valence electrons. The Morgan fingerprint density at radius 2 is 1.88 bits per heavy atom. The largest absolute Gasteiger partial charge is 0.397 e. The number of nitrogens with two attached hydrogens (primary N) is 1. The van der Waals surface area contributed by atoms with E-state index in [9.17, 15) is 4.39 Å². The second-order valence-corrected chi connectivity index (χ2v) is 4.30. The van der Waals surface area contributed by atoms with Crippen LogP contribution in [-0.4, -0.2) is 0 Å². The van der Waals surface area contributed by atoms with Gasteiger partial charge in [0.2, 0.25) is 0 Å². The molecule has 0 bridgehead atoms. The van der Waals surface area contributed by atoms with Crippen molar-refractivity contribution >= 4 is 40.3 Å². The molecule has 5 heteroatoms. The highest BCUT2D eigenvalue weighted by molar-refractivity contribution is 6.33. The third-order valence-corrected chi connectivity index (χ3v) is 2.79. The number of hydrogen-bond acceptors (Lipinski definition) is 2. The maximum atomic E-state index is 13.5. The van der Waals surface area contributed by atoms with E-state index in [2.05, 4.69) is 5.32 Å². The van der Waals surface area contributed by atoms with Crippen LogP contribution in [0.25, 0.3) is 0 Å². The van der Waals surface area contributed by atoms with Gasteiger partial charge in [-0.05, 0) is 30.3 Å². The molecule has 2 aromatic rings. The van der Waals surface area contributed by atoms with Gasteiger partial charge in [0.05, 0.1) is 22.1 Å². The Morgan fingerprint density at radius 1 is 1.12 bits per heavy atom. The van der Waals surface area contributed by atoms with E-state index in [0.29, 0.717) is 21.4 Å². The third-order valence-electron chi connectivity index (χ3n) is 2.24. The molecule has 0 aliphatic rings. The van der Waals surface area contributed by atoms with Gasteiger partial charge in [0.15, 0.2) is 0 Å². The summed E-state index contributed by atoms with van der Waals surface area (Å²) in [5.41, 5.74) is 6.94. The van der Waals surface area contributed by atoms with Crippen molar-refractivity contribution in [3.8, 4) is 0 Å². The lowest BCUT2D eigenvalue weighted by Gasteiger charge is -2.11. The predicted molar refractivity (Wildman–Crippen MR) is 70.6 cm³/mol. The van der Waals surface area contributed by atoms with Crippen molar-refractivity contribution in [2.75, 3.05) is 11.1 Å². The lowest BCUT2D eigenvalue weighted by atomic mass is 10.2. The topological polar surface area (TPSA) is 38.0 Å². The predicted octanol–water partition coefficient (Wildman–Crippen LogP) is 4.46. The number of para-hydroxylation sites is 1. The van der Waals surface area contributed by atoms with Gasteiger partial charge in [0, 0.05) is 5.02 Å². The Balaban J connectivity index is 2.38. The number of nitrogens with one attached hydrogen (secondary N) is 1. The van der Waals surface area contributed by atoms with Crippen LogP contribution in [0.1, 0.15) is 0 Å². The van der Waals surface area contributed by atoms with Crippen molar-refractivity contribution in [1.29, 1.82) is 0 Å². The summed E-state index contributed by atoms with van der Waals surface area (Å²) in [6.45, 7) is 0. The van der Waals surface area contributed by atoms with Gasteiger partial charge in [0.1, 0.15) is 5.82 Å². The van der Waals surface area contributed by atoms with E-state index in [1.165, 1.54) is 12.1 Å². The normalized spacial score (nSPS) is 10.3. The molecule has 0 unspecified atom stereocenters. The molecule has 17 heavy (non-hydrogen) atoms. The average molecular weight is 271 g/mol. The summed E-state index contributed by atoms with van der Waals surface area (Å²) in [7, 11) is 0. The summed E-state index contributed by atoms with van der Waals surface area (Å²) in [6, 6.07) is 9.36. The maximum absolute atomic E-state index is 13.5. The highest BCUT2D eigenvalue weighted by atomic mass is 35.5. The van der Waals surface area contributed by atoms with Crippen LogP contribution in [-0.2, 0) is 0 Å². The molecular weight excluding hydrogens is 262 g/mol. The molecule has 0 radical (unpaired) electrons. The number of nitrogen functional groups attached to an aromatic ring is 1. The van der Waals surface area contributed by atoms with Gasteiger partial charge in [-0.1, -0.05) is 29.3 Å². The fourth-order valence-corrected chi connectivity index (χ4v) is 1.79. The van der Waals surface area contributed by atoms with E-state index in [1.807, 2.05) is 0 Å². The SMILES string of the molecule is Nc1cc(Cl)ccc1Nc1c(F)cccc1Cl. The number of hydrogen-bond donors (Lipinski definition) is 2. The second kappa shape index (κ2) is 4.82. The first-order valence-electron chi connectivity index (χ1n) is 4.84. The van der Waals surface area contributed by atoms with E-state index in [-0.39, 0.29) is 5.69 Å². The van der Waals surface area contributed by atoms with Crippen molar-refractivity contribution in [1.82, 2.24) is 0 Å². The molecule has 0 heterocycles. The molecule has 2 aromatic carbocycles. The second-order valence-electron chi connectivity index (χ2n) is 3.45. The van der Waals surface area contributed by atoms with Crippen molar-refractivity contribution in [2.45, 2.75) is 0 Å². The van der Waals surface area contributed by atoms with Gasteiger partial charge in [0.25, 0.3) is 0 Å². The van der Waals surface area contributed by atoms with Gasteiger partial charge < -0.3 is 11.1 Å². The summed E-state index contributed by atoms with van der Waals surface area (Å²) < 4.78 is 13.5. The van der Waals surface area contributed by atoms with Crippen LogP contribution in [0.3, 0.4) is 0 Å². The van der Waals surface area contributed by atoms with Crippen LogP contribution in [0.5, 0.6) is 0 Å². The van der Waals surface area contributed by atoms with Crippen molar-refractivity contribution in [2.24, 2.45) is 0 Å². The van der Waals surface area contributed by atoms with Crippen molar-refractivity contribution in [3.05, 3.63) is 52.3 Å². The fourth-order valence-electron chi connectivity index (χ4n) is 1.40. The number of halogens is 3. The quantitative estimate of drug-likeness (QED) is 0.791. The van der Waals surface area contributed by atoms with Gasteiger partial charge in [-0.25, -0.2) is 4.39 Å². The molecular formula is C12H9Cl2FN2. The molecule has 0 atom stereocenters. The zero-order valence-corrected chi connectivity index (χ0v) is 10.2. The summed E-state index contributed by atoms with van der Waals surface area (Å²) in [5.74, 6) is -0.438. The summed E-state index contributed by atoms with van der Waals surface area (Å²) >= 11 is 11.7. The molecule has 2 rings (SSSR count). The molecule has 0 aliphatic carbocycles. The Kier molecular flexibility index (Phi) is 3.41. The minimum Gasteiger partial charge on any atom is -0.397 e. The number of rotatable bonds is 2. The van der Waals surface area contributed by atoms with Crippen LogP contribution in [0, 0.1) is 5.82 Å². The highest BCUT2D eigenvalue weighted by Crippen LogP contribution is 2.31. The Labute approximate surface area is 108 Å². The molecule has 0 amide bonds. The van der Waals surface area contributed by atoms with E-state index in [1.54, 1.807) is 24.3 Å². The van der Waals surface area contributed by atoms with Crippen LogP contribution in [0.15, 0.2) is 36.4 Å². The smallest absolute Gasteiger partial charge is 0.148 e. The van der Waals surface area contributed by atoms with Crippen molar-refractivity contribution < 1.29 is 4.39 Å². The van der Waals surface area contributed by atoms with E-state index >= 15 is 0 Å². The molecule has 2 nitrogen and oxygen atoms in total. The molecule has 0 saturated heterocycles. The van der Waals surface area contributed by atoms with Crippen LogP contribution in [0.4, 0.5) is 21.5 Å². The average Bonchev–Trinajstić information content (AvgIpc) is 2.26. The molecule has 0 saturated carbocycles. The van der Waals surface area contributed by atoms with Gasteiger partial charge in [-0.2, -0.15) is 0 Å². The van der Waals surface area contributed by atoms with Crippen LogP contribution in [0.2, 0.25) is 10.0 Å².